The molecule has 1 rings (SSSR count). The number of aryl methyl sites for hydroxylation is 1. The van der Waals surface area contributed by atoms with Gasteiger partial charge >= 0.3 is 0 Å². The molecular weight excluding hydrogens is 222 g/mol. The lowest BCUT2D eigenvalue weighted by Crippen LogP contribution is -2.34. The van der Waals surface area contributed by atoms with Gasteiger partial charge in [-0.05, 0) is 23.5 Å². The van der Waals surface area contributed by atoms with Crippen LogP contribution in [0, 0.1) is 11.8 Å². The molecule has 1 unspecified atom stereocenters. The van der Waals surface area contributed by atoms with Crippen molar-refractivity contribution in [2.24, 2.45) is 11.8 Å². The normalized spacial score (nSPS) is 12.8. The maximum Gasteiger partial charge on any atom is 0.223 e. The Labute approximate surface area is 111 Å². The van der Waals surface area contributed by atoms with E-state index in [4.69, 9.17) is 0 Å². The minimum absolute atomic E-state index is 0.0289. The summed E-state index contributed by atoms with van der Waals surface area (Å²) in [7, 11) is 0. The molecule has 0 saturated heterocycles. The van der Waals surface area contributed by atoms with Gasteiger partial charge in [0.2, 0.25) is 5.91 Å². The van der Waals surface area contributed by atoms with Crippen LogP contribution < -0.4 is 5.32 Å². The number of carbonyl (C=O) groups is 1. The van der Waals surface area contributed by atoms with E-state index in [0.717, 1.165) is 6.42 Å². The predicted octanol–water partition coefficient (Wildman–Crippen LogP) is 3.72. The van der Waals surface area contributed by atoms with Crippen molar-refractivity contribution >= 4 is 5.91 Å². The largest absolute Gasteiger partial charge is 0.349 e. The van der Waals surface area contributed by atoms with Crippen molar-refractivity contribution in [2.45, 2.75) is 47.1 Å². The van der Waals surface area contributed by atoms with Crippen LogP contribution in [0.1, 0.15) is 51.8 Å². The summed E-state index contributed by atoms with van der Waals surface area (Å²) in [4.78, 5) is 11.8. The molecule has 1 aromatic rings. The molecule has 0 heterocycles. The predicted molar refractivity (Wildman–Crippen MR) is 76.4 cm³/mol. The lowest BCUT2D eigenvalue weighted by molar-refractivity contribution is -0.125. The first-order chi connectivity index (χ1) is 8.45. The smallest absolute Gasteiger partial charge is 0.223 e. The van der Waals surface area contributed by atoms with Gasteiger partial charge in [-0.2, -0.15) is 0 Å². The summed E-state index contributed by atoms with van der Waals surface area (Å²) >= 11 is 0. The summed E-state index contributed by atoms with van der Waals surface area (Å²) in [5.41, 5.74) is 2.52. The van der Waals surface area contributed by atoms with Crippen molar-refractivity contribution in [3.8, 4) is 0 Å². The average molecular weight is 247 g/mol. The van der Waals surface area contributed by atoms with E-state index in [1.54, 1.807) is 0 Å². The van der Waals surface area contributed by atoms with Crippen molar-refractivity contribution in [2.75, 3.05) is 0 Å². The quantitative estimate of drug-likeness (QED) is 0.844. The van der Waals surface area contributed by atoms with Crippen LogP contribution in [0.4, 0.5) is 0 Å². The van der Waals surface area contributed by atoms with Crippen molar-refractivity contribution in [1.29, 1.82) is 0 Å². The maximum absolute atomic E-state index is 11.8. The number of nitrogens with one attached hydrogen (secondary N) is 1. The van der Waals surface area contributed by atoms with Crippen LogP contribution in [0.25, 0.3) is 0 Å². The van der Waals surface area contributed by atoms with Crippen molar-refractivity contribution in [1.82, 2.24) is 5.32 Å². The zero-order chi connectivity index (χ0) is 13.7. The van der Waals surface area contributed by atoms with Crippen LogP contribution in [0.15, 0.2) is 24.3 Å². The molecule has 100 valence electrons. The summed E-state index contributed by atoms with van der Waals surface area (Å²) < 4.78 is 0. The van der Waals surface area contributed by atoms with E-state index in [-0.39, 0.29) is 17.9 Å². The zero-order valence-corrected chi connectivity index (χ0v) is 12.2. The summed E-state index contributed by atoms with van der Waals surface area (Å²) in [5, 5.41) is 3.13. The molecule has 0 fully saturated rings. The van der Waals surface area contributed by atoms with E-state index in [0.29, 0.717) is 5.92 Å². The summed E-state index contributed by atoms with van der Waals surface area (Å²) in [6, 6.07) is 8.65. The molecule has 0 aliphatic heterocycles. The highest BCUT2D eigenvalue weighted by Crippen LogP contribution is 2.22. The van der Waals surface area contributed by atoms with Gasteiger partial charge in [-0.15, -0.1) is 0 Å². The van der Waals surface area contributed by atoms with Gasteiger partial charge in [-0.3, -0.25) is 4.79 Å². The molecule has 0 bridgehead atoms. The third-order valence-electron chi connectivity index (χ3n) is 3.24. The summed E-state index contributed by atoms with van der Waals surface area (Å²) in [5.74, 6) is 0.537. The van der Waals surface area contributed by atoms with Crippen LogP contribution in [0.3, 0.4) is 0 Å². The number of rotatable bonds is 5. The first-order valence-electron chi connectivity index (χ1n) is 6.84. The van der Waals surface area contributed by atoms with E-state index in [1.807, 2.05) is 13.8 Å². The van der Waals surface area contributed by atoms with Gasteiger partial charge in [0, 0.05) is 5.92 Å². The van der Waals surface area contributed by atoms with Gasteiger partial charge in [0.15, 0.2) is 0 Å². The van der Waals surface area contributed by atoms with Crippen LogP contribution in [0.2, 0.25) is 0 Å². The molecule has 18 heavy (non-hydrogen) atoms. The third kappa shape index (κ3) is 3.86. The molecular formula is C16H25NO. The molecule has 2 nitrogen and oxygen atoms in total. The Bertz CT molecular complexity index is 379. The number of carbonyl (C=O) groups excluding carboxylic acids is 1. The first-order valence-corrected chi connectivity index (χ1v) is 6.84. The number of benzene rings is 1. The van der Waals surface area contributed by atoms with Gasteiger partial charge in [0.25, 0.3) is 0 Å². The molecule has 0 aliphatic rings. The Balaban J connectivity index is 2.87. The topological polar surface area (TPSA) is 29.1 Å². The molecule has 2 heteroatoms. The number of hydrogen-bond acceptors (Lipinski definition) is 1. The number of hydrogen-bond donors (Lipinski definition) is 1. The molecule has 0 saturated carbocycles. The SMILES string of the molecule is CCc1ccc(C(NC(=O)C(C)C)C(C)C)cc1. The van der Waals surface area contributed by atoms with Crippen LogP contribution in [-0.2, 0) is 11.2 Å². The Morgan fingerprint density at radius 2 is 1.67 bits per heavy atom. The fraction of sp³-hybridized carbons (Fsp3) is 0.562. The average Bonchev–Trinajstić information content (AvgIpc) is 2.35. The Hall–Kier alpha value is -1.31. The van der Waals surface area contributed by atoms with Gasteiger partial charge in [-0.1, -0.05) is 58.9 Å². The Morgan fingerprint density at radius 1 is 1.11 bits per heavy atom. The fourth-order valence-corrected chi connectivity index (χ4v) is 1.92. The minimum Gasteiger partial charge on any atom is -0.349 e. The van der Waals surface area contributed by atoms with Crippen molar-refractivity contribution < 1.29 is 4.79 Å². The van der Waals surface area contributed by atoms with Gasteiger partial charge in [0.05, 0.1) is 6.04 Å². The maximum atomic E-state index is 11.8. The molecule has 1 N–H and O–H groups in total. The number of amides is 1. The minimum atomic E-state index is 0.0289. The van der Waals surface area contributed by atoms with Crippen LogP contribution in [0.5, 0.6) is 0 Å². The van der Waals surface area contributed by atoms with Crippen LogP contribution in [-0.4, -0.2) is 5.91 Å². The molecule has 1 aromatic carbocycles. The van der Waals surface area contributed by atoms with E-state index >= 15 is 0 Å². The Kier molecular flexibility index (Phi) is 5.39. The zero-order valence-electron chi connectivity index (χ0n) is 12.2. The van der Waals surface area contributed by atoms with E-state index < -0.39 is 0 Å². The molecule has 1 amide bonds. The second-order valence-electron chi connectivity index (χ2n) is 5.48. The van der Waals surface area contributed by atoms with Gasteiger partial charge < -0.3 is 5.32 Å². The lowest BCUT2D eigenvalue weighted by Gasteiger charge is -2.24. The standard InChI is InChI=1S/C16H25NO/c1-6-13-7-9-14(10-8-13)15(11(2)3)17-16(18)12(4)5/h7-12,15H,6H2,1-5H3,(H,17,18). The highest BCUT2D eigenvalue weighted by molar-refractivity contribution is 5.78. The highest BCUT2D eigenvalue weighted by atomic mass is 16.1. The second kappa shape index (κ2) is 6.58. The summed E-state index contributed by atoms with van der Waals surface area (Å²) in [6.45, 7) is 10.3. The van der Waals surface area contributed by atoms with Gasteiger partial charge in [0.1, 0.15) is 0 Å². The van der Waals surface area contributed by atoms with E-state index in [2.05, 4.69) is 50.4 Å². The van der Waals surface area contributed by atoms with Crippen LogP contribution >= 0.6 is 0 Å². The van der Waals surface area contributed by atoms with Crippen molar-refractivity contribution in [3.05, 3.63) is 35.4 Å². The van der Waals surface area contributed by atoms with Gasteiger partial charge in [-0.25, -0.2) is 0 Å². The Morgan fingerprint density at radius 3 is 2.06 bits per heavy atom. The molecule has 0 spiro atoms. The highest BCUT2D eigenvalue weighted by Gasteiger charge is 2.19. The molecule has 1 atom stereocenters. The second-order valence-corrected chi connectivity index (χ2v) is 5.48. The van der Waals surface area contributed by atoms with E-state index in [9.17, 15) is 4.79 Å². The molecule has 0 radical (unpaired) electrons. The summed E-state index contributed by atoms with van der Waals surface area (Å²) in [6.07, 6.45) is 1.05. The molecule has 0 aromatic heterocycles. The lowest BCUT2D eigenvalue weighted by atomic mass is 9.94. The fourth-order valence-electron chi connectivity index (χ4n) is 1.92. The first kappa shape index (κ1) is 14.7. The molecule has 0 aliphatic carbocycles. The third-order valence-corrected chi connectivity index (χ3v) is 3.24. The monoisotopic (exact) mass is 247 g/mol. The van der Waals surface area contributed by atoms with Crippen molar-refractivity contribution in [3.63, 3.8) is 0 Å². The van der Waals surface area contributed by atoms with E-state index in [1.165, 1.54) is 11.1 Å².